The normalized spacial score (nSPS) is 16.9. The van der Waals surface area contributed by atoms with Crippen molar-refractivity contribution in [3.05, 3.63) is 53.1 Å². The molecule has 172 valence electrons. The van der Waals surface area contributed by atoms with Crippen LogP contribution in [-0.2, 0) is 28.9 Å². The lowest BCUT2D eigenvalue weighted by molar-refractivity contribution is -0.129. The van der Waals surface area contributed by atoms with E-state index < -0.39 is 18.0 Å². The van der Waals surface area contributed by atoms with Crippen molar-refractivity contribution in [2.75, 3.05) is 14.2 Å². The summed E-state index contributed by atoms with van der Waals surface area (Å²) in [5.74, 6) is 0.880. The van der Waals surface area contributed by atoms with E-state index in [1.807, 2.05) is 12.1 Å². The summed E-state index contributed by atoms with van der Waals surface area (Å²) in [6.45, 7) is 1.64. The molecule has 0 radical (unpaired) electrons. The molecule has 0 saturated heterocycles. The molecular weight excluding hydrogens is 410 g/mol. The summed E-state index contributed by atoms with van der Waals surface area (Å²) in [5, 5.41) is 15.1. The summed E-state index contributed by atoms with van der Waals surface area (Å²) in [6.07, 6.45) is 2.61. The summed E-state index contributed by atoms with van der Waals surface area (Å²) in [4.78, 5) is 25.1. The molecule has 1 aliphatic rings. The molecule has 0 bridgehead atoms. The minimum atomic E-state index is -0.793. The van der Waals surface area contributed by atoms with Gasteiger partial charge in [0.15, 0.2) is 11.5 Å². The molecule has 1 aliphatic carbocycles. The van der Waals surface area contributed by atoms with Gasteiger partial charge < -0.3 is 30.9 Å². The van der Waals surface area contributed by atoms with Gasteiger partial charge in [0.2, 0.25) is 11.8 Å². The lowest BCUT2D eigenvalue weighted by Crippen LogP contribution is -2.53. The van der Waals surface area contributed by atoms with Gasteiger partial charge in [-0.25, -0.2) is 0 Å². The number of amides is 2. The number of phenols is 1. The monoisotopic (exact) mass is 441 g/mol. The lowest BCUT2D eigenvalue weighted by atomic mass is 9.87. The molecule has 0 aromatic heterocycles. The minimum Gasteiger partial charge on any atom is -0.508 e. The first-order valence-corrected chi connectivity index (χ1v) is 10.7. The molecule has 5 N–H and O–H groups in total. The van der Waals surface area contributed by atoms with Crippen LogP contribution in [0.1, 0.15) is 30.0 Å². The minimum absolute atomic E-state index is 0.0295. The van der Waals surface area contributed by atoms with Crippen LogP contribution in [0.25, 0.3) is 0 Å². The number of ether oxygens (including phenoxy) is 2. The zero-order valence-corrected chi connectivity index (χ0v) is 18.7. The van der Waals surface area contributed by atoms with E-state index in [4.69, 9.17) is 15.2 Å². The van der Waals surface area contributed by atoms with Crippen LogP contribution in [0.5, 0.6) is 17.2 Å². The SMILES string of the molecule is COc1cc2c(cc1OC)CC(NC(=O)[C@H](C)NC(=O)[C@@H](N)Cc1ccc(O)cc1)CC2. The van der Waals surface area contributed by atoms with Crippen LogP contribution in [-0.4, -0.2) is 49.3 Å². The quantitative estimate of drug-likeness (QED) is 0.492. The van der Waals surface area contributed by atoms with Crippen LogP contribution in [0.3, 0.4) is 0 Å². The van der Waals surface area contributed by atoms with Crippen LogP contribution in [0, 0.1) is 0 Å². The third-order valence-electron chi connectivity index (χ3n) is 5.76. The van der Waals surface area contributed by atoms with Gasteiger partial charge >= 0.3 is 0 Å². The highest BCUT2D eigenvalue weighted by atomic mass is 16.5. The van der Waals surface area contributed by atoms with Crippen LogP contribution >= 0.6 is 0 Å². The Hall–Kier alpha value is -3.26. The number of phenolic OH excluding ortho intramolecular Hbond substituents is 1. The number of nitrogens with two attached hydrogens (primary N) is 1. The van der Waals surface area contributed by atoms with Gasteiger partial charge in [-0.1, -0.05) is 12.1 Å². The number of nitrogens with one attached hydrogen (secondary N) is 2. The number of hydrogen-bond donors (Lipinski definition) is 4. The van der Waals surface area contributed by atoms with Gasteiger partial charge in [0, 0.05) is 6.04 Å². The predicted molar refractivity (Wildman–Crippen MR) is 121 cm³/mol. The average molecular weight is 442 g/mol. The van der Waals surface area contributed by atoms with Crippen molar-refractivity contribution in [2.24, 2.45) is 5.73 Å². The van der Waals surface area contributed by atoms with E-state index in [1.54, 1.807) is 45.4 Å². The van der Waals surface area contributed by atoms with E-state index in [2.05, 4.69) is 10.6 Å². The molecule has 0 spiro atoms. The first-order chi connectivity index (χ1) is 15.3. The fourth-order valence-corrected chi connectivity index (χ4v) is 3.90. The Morgan fingerprint density at radius 1 is 1.09 bits per heavy atom. The standard InChI is InChI=1S/C24H31N3O5/c1-14(26-24(30)20(25)10-15-4-8-19(28)9-5-15)23(29)27-18-7-6-16-12-21(31-2)22(32-3)13-17(16)11-18/h4-5,8-9,12-14,18,20,28H,6-7,10-11,25H2,1-3H3,(H,26,30)(H,27,29)/t14-,18?,20-/m0/s1. The molecule has 0 heterocycles. The lowest BCUT2D eigenvalue weighted by Gasteiger charge is -2.28. The van der Waals surface area contributed by atoms with Crippen LogP contribution < -0.4 is 25.8 Å². The number of methoxy groups -OCH3 is 2. The van der Waals surface area contributed by atoms with Gasteiger partial charge in [-0.3, -0.25) is 9.59 Å². The predicted octanol–water partition coefficient (Wildman–Crippen LogP) is 1.46. The van der Waals surface area contributed by atoms with Crippen molar-refractivity contribution >= 4 is 11.8 Å². The summed E-state index contributed by atoms with van der Waals surface area (Å²) in [6, 6.07) is 8.93. The Balaban J connectivity index is 1.53. The topological polar surface area (TPSA) is 123 Å². The van der Waals surface area contributed by atoms with Crippen LogP contribution in [0.2, 0.25) is 0 Å². The number of rotatable bonds is 8. The second-order valence-corrected chi connectivity index (χ2v) is 8.13. The van der Waals surface area contributed by atoms with Crippen molar-refractivity contribution in [3.8, 4) is 17.2 Å². The molecule has 0 fully saturated rings. The molecule has 2 aromatic rings. The van der Waals surface area contributed by atoms with Gasteiger partial charge in [0.1, 0.15) is 11.8 Å². The first-order valence-electron chi connectivity index (χ1n) is 10.7. The third kappa shape index (κ3) is 5.70. The summed E-state index contributed by atoms with van der Waals surface area (Å²) >= 11 is 0. The van der Waals surface area contributed by atoms with E-state index in [-0.39, 0.29) is 17.7 Å². The number of aryl methyl sites for hydroxylation is 1. The fraction of sp³-hybridized carbons (Fsp3) is 0.417. The second-order valence-electron chi connectivity index (χ2n) is 8.13. The molecule has 32 heavy (non-hydrogen) atoms. The summed E-state index contributed by atoms with van der Waals surface area (Å²) in [5.41, 5.74) is 9.13. The molecule has 3 rings (SSSR count). The molecular formula is C24H31N3O5. The van der Waals surface area contributed by atoms with Crippen molar-refractivity contribution < 1.29 is 24.2 Å². The molecule has 2 aromatic carbocycles. The Kier molecular flexibility index (Phi) is 7.58. The van der Waals surface area contributed by atoms with Gasteiger partial charge in [0.05, 0.1) is 20.3 Å². The maximum Gasteiger partial charge on any atom is 0.242 e. The van der Waals surface area contributed by atoms with E-state index in [9.17, 15) is 14.7 Å². The highest BCUT2D eigenvalue weighted by Crippen LogP contribution is 2.34. The molecule has 2 amide bonds. The third-order valence-corrected chi connectivity index (χ3v) is 5.76. The Morgan fingerprint density at radius 3 is 2.34 bits per heavy atom. The number of hydrogen-bond acceptors (Lipinski definition) is 6. The van der Waals surface area contributed by atoms with Crippen molar-refractivity contribution in [3.63, 3.8) is 0 Å². The summed E-state index contributed by atoms with van der Waals surface area (Å²) in [7, 11) is 3.21. The molecule has 0 saturated carbocycles. The highest BCUT2D eigenvalue weighted by molar-refractivity contribution is 5.89. The first kappa shape index (κ1) is 23.4. The molecule has 8 nitrogen and oxygen atoms in total. The smallest absolute Gasteiger partial charge is 0.242 e. The zero-order valence-electron chi connectivity index (χ0n) is 18.7. The molecule has 1 unspecified atom stereocenters. The van der Waals surface area contributed by atoms with Crippen molar-refractivity contribution in [1.82, 2.24) is 10.6 Å². The van der Waals surface area contributed by atoms with Crippen molar-refractivity contribution in [1.29, 1.82) is 0 Å². The molecule has 0 aliphatic heterocycles. The van der Waals surface area contributed by atoms with E-state index >= 15 is 0 Å². The maximum absolute atomic E-state index is 12.7. The maximum atomic E-state index is 12.7. The van der Waals surface area contributed by atoms with E-state index in [0.29, 0.717) is 24.3 Å². The zero-order chi connectivity index (χ0) is 23.3. The largest absolute Gasteiger partial charge is 0.508 e. The number of benzene rings is 2. The highest BCUT2D eigenvalue weighted by Gasteiger charge is 2.26. The van der Waals surface area contributed by atoms with Crippen molar-refractivity contribution in [2.45, 2.75) is 50.7 Å². The number of aromatic hydroxyl groups is 1. The molecule has 3 atom stereocenters. The second kappa shape index (κ2) is 10.4. The Morgan fingerprint density at radius 2 is 1.72 bits per heavy atom. The Bertz CT molecular complexity index is 961. The fourth-order valence-electron chi connectivity index (χ4n) is 3.90. The van der Waals surface area contributed by atoms with Gasteiger partial charge in [-0.05, 0) is 73.6 Å². The van der Waals surface area contributed by atoms with E-state index in [1.165, 1.54) is 5.56 Å². The van der Waals surface area contributed by atoms with Gasteiger partial charge in [-0.2, -0.15) is 0 Å². The van der Waals surface area contributed by atoms with Gasteiger partial charge in [0.25, 0.3) is 0 Å². The number of carbonyl (C=O) groups is 2. The Labute approximate surface area is 188 Å². The number of fused-ring (bicyclic) bond motifs is 1. The number of carbonyl (C=O) groups excluding carboxylic acids is 2. The molecule has 8 heteroatoms. The van der Waals surface area contributed by atoms with Crippen LogP contribution in [0.15, 0.2) is 36.4 Å². The average Bonchev–Trinajstić information content (AvgIpc) is 2.79. The van der Waals surface area contributed by atoms with Gasteiger partial charge in [-0.15, -0.1) is 0 Å². The van der Waals surface area contributed by atoms with E-state index in [0.717, 1.165) is 24.0 Å². The van der Waals surface area contributed by atoms with Crippen LogP contribution in [0.4, 0.5) is 0 Å². The summed E-state index contributed by atoms with van der Waals surface area (Å²) < 4.78 is 10.8.